The summed E-state index contributed by atoms with van der Waals surface area (Å²) in [5.41, 5.74) is 6.86. The fourth-order valence-corrected chi connectivity index (χ4v) is 16.3. The average Bonchev–Trinajstić information content (AvgIpc) is 4.29. The summed E-state index contributed by atoms with van der Waals surface area (Å²) < 4.78 is 61.8. The molecule has 15 atom stereocenters. The minimum atomic E-state index is -5.56. The van der Waals surface area contributed by atoms with Crippen molar-refractivity contribution in [1.29, 1.82) is 0 Å². The minimum absolute atomic E-state index is 0.0310. The topological polar surface area (TPSA) is 384 Å². The van der Waals surface area contributed by atoms with E-state index >= 15 is 0 Å². The van der Waals surface area contributed by atoms with E-state index in [9.17, 15) is 63.0 Å². The third-order valence-corrected chi connectivity index (χ3v) is 21.0. The number of nitrogen functional groups attached to an aromatic ring is 1. The highest BCUT2D eigenvalue weighted by Gasteiger charge is 2.59. The van der Waals surface area contributed by atoms with Gasteiger partial charge in [0.25, 0.3) is 0 Å². The van der Waals surface area contributed by atoms with Crippen molar-refractivity contribution < 1.29 is 85.6 Å². The van der Waals surface area contributed by atoms with Gasteiger partial charge in [-0.05, 0) is 97.7 Å². The highest BCUT2D eigenvalue weighted by atomic mass is 32.2. The molecular weight excluding hydrogens is 1110 g/mol. The number of imidazole rings is 1. The van der Waals surface area contributed by atoms with Crippen molar-refractivity contribution in [3.63, 3.8) is 0 Å². The molecule has 448 valence electrons. The molecule has 2 aromatic heterocycles. The van der Waals surface area contributed by atoms with Crippen molar-refractivity contribution in [3.8, 4) is 0 Å². The second-order valence-electron chi connectivity index (χ2n) is 23.6. The third kappa shape index (κ3) is 16.8. The number of amides is 2. The number of aromatic nitrogens is 4. The Balaban J connectivity index is 0.000000300. The van der Waals surface area contributed by atoms with E-state index in [0.717, 1.165) is 77.3 Å². The van der Waals surface area contributed by atoms with E-state index in [2.05, 4.69) is 75.1 Å². The summed E-state index contributed by atoms with van der Waals surface area (Å²) in [6.07, 6.45) is 10.3. The predicted molar refractivity (Wildman–Crippen MR) is 292 cm³/mol. The molecule has 0 bridgehead atoms. The lowest BCUT2D eigenvalue weighted by Gasteiger charge is -2.58. The molecule has 11 N–H and O–H groups in total. The van der Waals surface area contributed by atoms with Crippen LogP contribution in [0.2, 0.25) is 0 Å². The van der Waals surface area contributed by atoms with Gasteiger partial charge >= 0.3 is 23.5 Å². The molecule has 2 aromatic rings. The second-order valence-corrected chi connectivity index (χ2v) is 29.1. The largest absolute Gasteiger partial charge is 0.481 e. The molecule has 1 aliphatic heterocycles. The van der Waals surface area contributed by atoms with Gasteiger partial charge in [-0.15, -0.1) is 0 Å². The molecule has 3 saturated carbocycles. The highest BCUT2D eigenvalue weighted by Crippen LogP contribution is 2.67. The standard InChI is InChI=1S/C27H46O.C23H38N7O17P3S/c1-18(2)7-6-8-19(3)23-11-12-24-22-10-9-20-17-21(28)13-15-26(20,4)25(22)14-16-27(23,24)5;1-12(31)51-7-6-25-14(32)4-5-26-21(35)18(34)23(2,3)9-44-50(41,42)47-49(39,40)43-8-13-17(46-48(36,37)38)16(33)22(45-13)30-11-29-15-19(24)27-10-28-20(15)30/h9,18-19,21-25,28H,6-8,10-17H2,1-5H3;10-11,13,16-18,22,33-34H,4-9H2,1-3H3,(H,25,32)(H,26,35)(H,39,40)(H,41,42)(H2,24,27,28)(H2,36,37,38)/t19-,21+,22+,23-,24+,25+,26+,27-;13-,16-,17-,18+,22-/m11/s1. The van der Waals surface area contributed by atoms with Crippen molar-refractivity contribution in [2.45, 2.75) is 169 Å². The van der Waals surface area contributed by atoms with Crippen LogP contribution in [-0.4, -0.2) is 134 Å². The lowest BCUT2D eigenvalue weighted by molar-refractivity contribution is -0.137. The molecule has 79 heavy (non-hydrogen) atoms. The van der Waals surface area contributed by atoms with Gasteiger partial charge in [-0.3, -0.25) is 32.5 Å². The first kappa shape index (κ1) is 65.4. The number of nitrogens with two attached hydrogens (primary N) is 1. The van der Waals surface area contributed by atoms with Gasteiger partial charge in [0.1, 0.15) is 36.3 Å². The number of carbonyl (C=O) groups is 3. The maximum Gasteiger partial charge on any atom is 0.481 e. The Morgan fingerprint density at radius 3 is 2.34 bits per heavy atom. The number of fused-ring (bicyclic) bond motifs is 6. The Labute approximate surface area is 466 Å². The number of carbonyl (C=O) groups excluding carboxylic acids is 3. The van der Waals surface area contributed by atoms with E-state index < -0.39 is 84.6 Å². The van der Waals surface area contributed by atoms with Crippen LogP contribution < -0.4 is 16.4 Å². The molecule has 5 aliphatic rings. The van der Waals surface area contributed by atoms with Crippen LogP contribution in [0.15, 0.2) is 24.3 Å². The zero-order valence-electron chi connectivity index (χ0n) is 46.4. The summed E-state index contributed by atoms with van der Waals surface area (Å²) in [7, 11) is -16.4. The van der Waals surface area contributed by atoms with Crippen molar-refractivity contribution in [2.75, 3.05) is 37.8 Å². The van der Waals surface area contributed by atoms with Gasteiger partial charge in [-0.1, -0.05) is 91.1 Å². The number of hydrogen-bond donors (Lipinski definition) is 10. The summed E-state index contributed by atoms with van der Waals surface area (Å²) in [6.45, 7) is 14.5. The van der Waals surface area contributed by atoms with E-state index in [0.29, 0.717) is 16.6 Å². The Hall–Kier alpha value is -2.74. The van der Waals surface area contributed by atoms with E-state index in [1.54, 1.807) is 5.57 Å². The molecule has 29 heteroatoms. The summed E-state index contributed by atoms with van der Waals surface area (Å²) in [5, 5.41) is 36.3. The van der Waals surface area contributed by atoms with Gasteiger partial charge in [-0.2, -0.15) is 4.31 Å². The van der Waals surface area contributed by atoms with Gasteiger partial charge in [0.15, 0.2) is 22.8 Å². The fraction of sp³-hybridized carbons (Fsp3) is 0.800. The lowest BCUT2D eigenvalue weighted by atomic mass is 9.47. The van der Waals surface area contributed by atoms with Gasteiger partial charge in [0.2, 0.25) is 11.8 Å². The van der Waals surface area contributed by atoms with Crippen LogP contribution >= 0.6 is 35.2 Å². The number of phosphoric acid groups is 3. The number of rotatable bonds is 24. The first-order chi connectivity index (χ1) is 36.8. The van der Waals surface area contributed by atoms with Crippen molar-refractivity contribution >= 4 is 69.1 Å². The van der Waals surface area contributed by atoms with Gasteiger partial charge in [0, 0.05) is 37.6 Å². The number of nitrogens with one attached hydrogen (secondary N) is 2. The summed E-state index contributed by atoms with van der Waals surface area (Å²) >= 11 is 1.03. The number of aliphatic hydroxyl groups is 3. The van der Waals surface area contributed by atoms with E-state index in [4.69, 9.17) is 19.5 Å². The zero-order valence-corrected chi connectivity index (χ0v) is 49.9. The van der Waals surface area contributed by atoms with E-state index in [1.807, 2.05) is 0 Å². The molecular formula is C50H84N7O18P3S. The number of thioether (sulfide) groups is 1. The third-order valence-electron chi connectivity index (χ3n) is 17.1. The number of allylic oxidation sites excluding steroid dienone is 1. The maximum atomic E-state index is 12.6. The van der Waals surface area contributed by atoms with Crippen LogP contribution in [0.1, 0.15) is 139 Å². The van der Waals surface area contributed by atoms with Crippen LogP contribution in [0.4, 0.5) is 5.82 Å². The monoisotopic (exact) mass is 1200 g/mol. The molecule has 25 nitrogen and oxygen atoms in total. The van der Waals surface area contributed by atoms with Gasteiger partial charge in [-0.25, -0.2) is 28.6 Å². The number of phosphoric ester groups is 3. The van der Waals surface area contributed by atoms with Gasteiger partial charge < -0.3 is 56.0 Å². The summed E-state index contributed by atoms with van der Waals surface area (Å²) in [5.74, 6) is 4.37. The molecule has 3 heterocycles. The lowest BCUT2D eigenvalue weighted by Crippen LogP contribution is -2.50. The molecule has 2 unspecified atom stereocenters. The number of ether oxygens (including phenoxy) is 1. The minimum Gasteiger partial charge on any atom is -0.393 e. The molecule has 0 aromatic carbocycles. The van der Waals surface area contributed by atoms with E-state index in [1.165, 1.54) is 78.6 Å². The molecule has 7 rings (SSSR count). The fourth-order valence-electron chi connectivity index (χ4n) is 13.0. The van der Waals surface area contributed by atoms with Crippen LogP contribution in [-0.2, 0) is 50.7 Å². The quantitative estimate of drug-likeness (QED) is 0.0324. The average molecular weight is 1200 g/mol. The first-order valence-corrected chi connectivity index (χ1v) is 32.7. The Kier molecular flexibility index (Phi) is 22.3. The first-order valence-electron chi connectivity index (χ1n) is 27.2. The second kappa shape index (κ2) is 26.9. The normalized spacial score (nSPS) is 31.1. The molecule has 1 saturated heterocycles. The zero-order chi connectivity index (χ0) is 58.5. The van der Waals surface area contributed by atoms with Crippen molar-refractivity contribution in [1.82, 2.24) is 30.2 Å². The highest BCUT2D eigenvalue weighted by molar-refractivity contribution is 8.13. The summed E-state index contributed by atoms with van der Waals surface area (Å²) in [4.78, 5) is 85.9. The van der Waals surface area contributed by atoms with Crippen molar-refractivity contribution in [3.05, 3.63) is 24.3 Å². The van der Waals surface area contributed by atoms with Crippen molar-refractivity contribution in [2.24, 2.45) is 51.8 Å². The molecule has 4 fully saturated rings. The number of hydrogen-bond acceptors (Lipinski definition) is 19. The predicted octanol–water partition coefficient (Wildman–Crippen LogP) is 6.07. The van der Waals surface area contributed by atoms with Crippen LogP contribution in [0.5, 0.6) is 0 Å². The molecule has 0 spiro atoms. The van der Waals surface area contributed by atoms with E-state index in [-0.39, 0.29) is 47.7 Å². The Morgan fingerprint density at radius 2 is 1.66 bits per heavy atom. The van der Waals surface area contributed by atoms with Crippen LogP contribution in [0.3, 0.4) is 0 Å². The maximum absolute atomic E-state index is 12.6. The Bertz CT molecular complexity index is 2630. The summed E-state index contributed by atoms with van der Waals surface area (Å²) in [6, 6.07) is 0. The van der Waals surface area contributed by atoms with Gasteiger partial charge in [0.05, 0.1) is 25.6 Å². The SMILES string of the molecule is CC(=O)SCCNC(=O)CCNC(=O)[C@H](O)C(C)(C)COP(=O)(O)OP(=O)(O)OC[C@H]1O[C@@H](n2cnc3c(N)ncnc32)[C@H](O)[C@@H]1OP(=O)(O)O.CC(C)CCC[C@@H](C)[C@H]1CC[C@H]2[C@@H]3CC=C4C[C@@H](O)CC[C@]4(C)[C@H]3CC[C@]12C. The van der Waals surface area contributed by atoms with Crippen LogP contribution in [0, 0.1) is 51.8 Å². The molecule has 2 amide bonds. The molecule has 0 radical (unpaired) electrons. The van der Waals surface area contributed by atoms with Crippen LogP contribution in [0.25, 0.3) is 11.2 Å². The number of aliphatic hydroxyl groups excluding tert-OH is 3. The smallest absolute Gasteiger partial charge is 0.393 e. The Morgan fingerprint density at radius 1 is 0.949 bits per heavy atom. The molecule has 4 aliphatic carbocycles. The number of anilines is 1. The number of nitrogens with zero attached hydrogens (tertiary/aromatic N) is 4.